The van der Waals surface area contributed by atoms with Gasteiger partial charge in [-0.2, -0.15) is 0 Å². The molecule has 0 aliphatic heterocycles. The number of carbonyl (C=O) groups excluding carboxylic acids is 1. The summed E-state index contributed by atoms with van der Waals surface area (Å²) in [5.41, 5.74) is 5.15. The topological polar surface area (TPSA) is 68.0 Å². The van der Waals surface area contributed by atoms with Crippen molar-refractivity contribution >= 4 is 42.1 Å². The lowest BCUT2D eigenvalue weighted by atomic mass is 9.96. The standard InChI is InChI=1S/C11H19N3OS.2ClH/c1-3-5-11(2,12)10(15)14-6-4-9-13-7-8-16-9;;/h7-8H,3-6,12H2,1-2H3,(H,14,15);2*1H. The first-order valence-electron chi connectivity index (χ1n) is 5.52. The zero-order valence-electron chi connectivity index (χ0n) is 10.6. The number of carbonyl (C=O) groups is 1. The van der Waals surface area contributed by atoms with E-state index in [1.165, 1.54) is 0 Å². The molecule has 0 aliphatic rings. The van der Waals surface area contributed by atoms with E-state index in [1.807, 2.05) is 12.3 Å². The first-order valence-corrected chi connectivity index (χ1v) is 6.40. The summed E-state index contributed by atoms with van der Waals surface area (Å²) in [6.07, 6.45) is 4.15. The zero-order valence-corrected chi connectivity index (χ0v) is 13.1. The van der Waals surface area contributed by atoms with Gasteiger partial charge in [-0.15, -0.1) is 36.2 Å². The summed E-state index contributed by atoms with van der Waals surface area (Å²) in [4.78, 5) is 15.9. The summed E-state index contributed by atoms with van der Waals surface area (Å²) in [5.74, 6) is -0.0779. The van der Waals surface area contributed by atoms with E-state index in [0.29, 0.717) is 13.0 Å². The molecule has 0 fully saturated rings. The van der Waals surface area contributed by atoms with Crippen molar-refractivity contribution in [2.24, 2.45) is 5.73 Å². The molecular formula is C11H21Cl2N3OS. The van der Waals surface area contributed by atoms with Gasteiger partial charge in [0.05, 0.1) is 10.5 Å². The Balaban J connectivity index is 0. The van der Waals surface area contributed by atoms with E-state index in [9.17, 15) is 4.79 Å². The first-order chi connectivity index (χ1) is 7.56. The van der Waals surface area contributed by atoms with Crippen LogP contribution in [0.15, 0.2) is 11.6 Å². The third kappa shape index (κ3) is 6.54. The fourth-order valence-corrected chi connectivity index (χ4v) is 2.11. The molecule has 0 saturated heterocycles. The summed E-state index contributed by atoms with van der Waals surface area (Å²) in [5, 5.41) is 5.82. The smallest absolute Gasteiger partial charge is 0.239 e. The number of thiazole rings is 1. The number of hydrogen-bond acceptors (Lipinski definition) is 4. The van der Waals surface area contributed by atoms with E-state index in [2.05, 4.69) is 10.3 Å². The molecule has 1 aromatic heterocycles. The van der Waals surface area contributed by atoms with Gasteiger partial charge in [-0.1, -0.05) is 13.3 Å². The van der Waals surface area contributed by atoms with Crippen LogP contribution in [0.2, 0.25) is 0 Å². The Bertz CT molecular complexity index is 331. The van der Waals surface area contributed by atoms with E-state index in [4.69, 9.17) is 5.73 Å². The minimum Gasteiger partial charge on any atom is -0.354 e. The fourth-order valence-electron chi connectivity index (χ4n) is 1.49. The summed E-state index contributed by atoms with van der Waals surface area (Å²) >= 11 is 1.60. The van der Waals surface area contributed by atoms with E-state index in [0.717, 1.165) is 17.8 Å². The van der Waals surface area contributed by atoms with E-state index in [-0.39, 0.29) is 30.7 Å². The van der Waals surface area contributed by atoms with Crippen LogP contribution in [0.1, 0.15) is 31.7 Å². The molecule has 0 aromatic carbocycles. The summed E-state index contributed by atoms with van der Waals surface area (Å²) in [6, 6.07) is 0. The van der Waals surface area contributed by atoms with Crippen molar-refractivity contribution in [2.75, 3.05) is 6.54 Å². The third-order valence-corrected chi connectivity index (χ3v) is 3.24. The molecule has 1 heterocycles. The van der Waals surface area contributed by atoms with Crippen molar-refractivity contribution < 1.29 is 4.79 Å². The van der Waals surface area contributed by atoms with Gasteiger partial charge < -0.3 is 11.1 Å². The number of nitrogens with one attached hydrogen (secondary N) is 1. The molecule has 0 spiro atoms. The van der Waals surface area contributed by atoms with Crippen LogP contribution >= 0.6 is 36.2 Å². The molecule has 1 rings (SSSR count). The van der Waals surface area contributed by atoms with Crippen molar-refractivity contribution in [2.45, 2.75) is 38.6 Å². The van der Waals surface area contributed by atoms with Crippen molar-refractivity contribution in [3.05, 3.63) is 16.6 Å². The van der Waals surface area contributed by atoms with E-state index in [1.54, 1.807) is 24.5 Å². The number of halogens is 2. The maximum absolute atomic E-state index is 11.7. The molecule has 1 amide bonds. The minimum atomic E-state index is -0.752. The average molecular weight is 314 g/mol. The van der Waals surface area contributed by atoms with Gasteiger partial charge in [0, 0.05) is 24.5 Å². The Kier molecular flexibility index (Phi) is 10.6. The van der Waals surface area contributed by atoms with E-state index >= 15 is 0 Å². The monoisotopic (exact) mass is 313 g/mol. The number of hydrogen-bond donors (Lipinski definition) is 2. The molecule has 4 nitrogen and oxygen atoms in total. The van der Waals surface area contributed by atoms with Crippen LogP contribution in [0, 0.1) is 0 Å². The highest BCUT2D eigenvalue weighted by atomic mass is 35.5. The number of nitrogens with zero attached hydrogens (tertiary/aromatic N) is 1. The number of aromatic nitrogens is 1. The van der Waals surface area contributed by atoms with Crippen LogP contribution in [-0.2, 0) is 11.2 Å². The Morgan fingerprint density at radius 2 is 2.22 bits per heavy atom. The summed E-state index contributed by atoms with van der Waals surface area (Å²) in [7, 11) is 0. The number of amides is 1. The summed E-state index contributed by atoms with van der Waals surface area (Å²) in [6.45, 7) is 4.39. The maximum Gasteiger partial charge on any atom is 0.239 e. The van der Waals surface area contributed by atoms with Gasteiger partial charge in [-0.25, -0.2) is 4.98 Å². The van der Waals surface area contributed by atoms with Crippen LogP contribution in [0.5, 0.6) is 0 Å². The lowest BCUT2D eigenvalue weighted by molar-refractivity contribution is -0.126. The van der Waals surface area contributed by atoms with Crippen LogP contribution in [0.3, 0.4) is 0 Å². The summed E-state index contributed by atoms with van der Waals surface area (Å²) < 4.78 is 0. The molecule has 1 aromatic rings. The SMILES string of the molecule is CCCC(C)(N)C(=O)NCCc1nccs1.Cl.Cl. The normalized spacial score (nSPS) is 12.8. The zero-order chi connectivity index (χ0) is 12.0. The molecule has 1 unspecified atom stereocenters. The van der Waals surface area contributed by atoms with Gasteiger partial charge in [0.15, 0.2) is 0 Å². The molecule has 3 N–H and O–H groups in total. The first kappa shape index (κ1) is 20.0. The Hall–Kier alpha value is -0.360. The Labute approximate surface area is 125 Å². The fraction of sp³-hybridized carbons (Fsp3) is 0.636. The molecule has 1 atom stereocenters. The van der Waals surface area contributed by atoms with E-state index < -0.39 is 5.54 Å². The van der Waals surface area contributed by atoms with Gasteiger partial charge in [0.1, 0.15) is 0 Å². The predicted octanol–water partition coefficient (Wildman–Crippen LogP) is 2.16. The lowest BCUT2D eigenvalue weighted by Crippen LogP contribution is -2.51. The number of nitrogens with two attached hydrogens (primary N) is 1. The largest absolute Gasteiger partial charge is 0.354 e. The third-order valence-electron chi connectivity index (χ3n) is 2.40. The molecule has 0 radical (unpaired) electrons. The van der Waals surface area contributed by atoms with Crippen LogP contribution in [0.25, 0.3) is 0 Å². The van der Waals surface area contributed by atoms with Gasteiger partial charge in [0.2, 0.25) is 5.91 Å². The molecule has 7 heteroatoms. The highest BCUT2D eigenvalue weighted by molar-refractivity contribution is 7.09. The van der Waals surface area contributed by atoms with Crippen molar-refractivity contribution in [3.8, 4) is 0 Å². The average Bonchev–Trinajstić information content (AvgIpc) is 2.70. The molecular weight excluding hydrogens is 293 g/mol. The number of rotatable bonds is 6. The molecule has 106 valence electrons. The van der Waals surface area contributed by atoms with Gasteiger partial charge in [-0.3, -0.25) is 4.79 Å². The van der Waals surface area contributed by atoms with Crippen molar-refractivity contribution in [1.29, 1.82) is 0 Å². The van der Waals surface area contributed by atoms with Gasteiger partial charge >= 0.3 is 0 Å². The Morgan fingerprint density at radius 3 is 2.72 bits per heavy atom. The Morgan fingerprint density at radius 1 is 1.56 bits per heavy atom. The predicted molar refractivity (Wildman–Crippen MR) is 80.8 cm³/mol. The van der Waals surface area contributed by atoms with Gasteiger partial charge in [0.25, 0.3) is 0 Å². The second-order valence-corrected chi connectivity index (χ2v) is 5.08. The second kappa shape index (κ2) is 9.55. The van der Waals surface area contributed by atoms with Crippen molar-refractivity contribution in [1.82, 2.24) is 10.3 Å². The second-order valence-electron chi connectivity index (χ2n) is 4.10. The van der Waals surface area contributed by atoms with Gasteiger partial charge in [-0.05, 0) is 13.3 Å². The molecule has 0 bridgehead atoms. The van der Waals surface area contributed by atoms with Crippen molar-refractivity contribution in [3.63, 3.8) is 0 Å². The lowest BCUT2D eigenvalue weighted by Gasteiger charge is -2.22. The van der Waals surface area contributed by atoms with Crippen LogP contribution < -0.4 is 11.1 Å². The minimum absolute atomic E-state index is 0. The highest BCUT2D eigenvalue weighted by Gasteiger charge is 2.26. The highest BCUT2D eigenvalue weighted by Crippen LogP contribution is 2.08. The maximum atomic E-state index is 11.7. The van der Waals surface area contributed by atoms with Crippen LogP contribution in [0.4, 0.5) is 0 Å². The quantitative estimate of drug-likeness (QED) is 0.845. The molecule has 18 heavy (non-hydrogen) atoms. The van der Waals surface area contributed by atoms with Crippen LogP contribution in [-0.4, -0.2) is 23.0 Å². The molecule has 0 aliphatic carbocycles. The molecule has 0 saturated carbocycles.